The fourth-order valence-electron chi connectivity index (χ4n) is 3.85. The summed E-state index contributed by atoms with van der Waals surface area (Å²) in [6, 6.07) is 20.3. The van der Waals surface area contributed by atoms with Crippen molar-refractivity contribution in [3.05, 3.63) is 89.7 Å². The maximum absolute atomic E-state index is 12.8. The fourth-order valence-corrected chi connectivity index (χ4v) is 5.01. The summed E-state index contributed by atoms with van der Waals surface area (Å²) in [4.78, 5) is 9.13. The van der Waals surface area contributed by atoms with Gasteiger partial charge in [0, 0.05) is 55.8 Å². The van der Waals surface area contributed by atoms with Gasteiger partial charge in [0.15, 0.2) is 0 Å². The molecule has 0 bridgehead atoms. The van der Waals surface area contributed by atoms with Gasteiger partial charge in [0.1, 0.15) is 0 Å². The van der Waals surface area contributed by atoms with Gasteiger partial charge in [-0.1, -0.05) is 35.9 Å². The van der Waals surface area contributed by atoms with Gasteiger partial charge in [0.25, 0.3) is 0 Å². The Bertz CT molecular complexity index is 1070. The lowest BCUT2D eigenvalue weighted by atomic mass is 10.1. The molecule has 1 saturated heterocycles. The van der Waals surface area contributed by atoms with E-state index >= 15 is 0 Å². The third kappa shape index (κ3) is 5.43. The van der Waals surface area contributed by atoms with Crippen LogP contribution in [0.15, 0.2) is 84.0 Å². The predicted molar refractivity (Wildman–Crippen MR) is 124 cm³/mol. The van der Waals surface area contributed by atoms with Gasteiger partial charge in [-0.3, -0.25) is 9.88 Å². The smallest absolute Gasteiger partial charge is 0.240 e. The van der Waals surface area contributed by atoms with Gasteiger partial charge in [-0.25, -0.2) is 13.1 Å². The minimum Gasteiger partial charge on any atom is -0.369 e. The van der Waals surface area contributed by atoms with Crippen LogP contribution in [0.3, 0.4) is 0 Å². The number of nitrogens with zero attached hydrogens (tertiary/aromatic N) is 3. The number of piperazine rings is 1. The molecule has 0 unspecified atom stereocenters. The SMILES string of the molecule is O=S(=O)(NC[C@H](c1cccnc1)N1CCN(c2ccccc2)CC1)c1ccc(Cl)cc1. The molecule has 162 valence electrons. The van der Waals surface area contributed by atoms with Crippen molar-refractivity contribution in [1.29, 1.82) is 0 Å². The highest BCUT2D eigenvalue weighted by molar-refractivity contribution is 7.89. The molecule has 2 aromatic carbocycles. The number of sulfonamides is 1. The van der Waals surface area contributed by atoms with E-state index in [0.29, 0.717) is 5.02 Å². The summed E-state index contributed by atoms with van der Waals surface area (Å²) >= 11 is 5.89. The Balaban J connectivity index is 1.47. The molecule has 1 fully saturated rings. The molecular weight excluding hydrogens is 432 g/mol. The van der Waals surface area contributed by atoms with Crippen LogP contribution >= 0.6 is 11.6 Å². The Hall–Kier alpha value is -2.45. The van der Waals surface area contributed by atoms with Crippen LogP contribution < -0.4 is 9.62 Å². The summed E-state index contributed by atoms with van der Waals surface area (Å²) < 4.78 is 28.4. The standard InChI is InChI=1S/C23H25ClN4O2S/c24-20-8-10-22(11-9-20)31(29,30)26-18-23(19-5-4-12-25-17-19)28-15-13-27(14-16-28)21-6-2-1-3-7-21/h1-12,17,23,26H,13-16,18H2/t23-/m1/s1. The molecule has 4 rings (SSSR count). The monoisotopic (exact) mass is 456 g/mol. The first-order valence-corrected chi connectivity index (χ1v) is 12.1. The van der Waals surface area contributed by atoms with Crippen LogP contribution in [0.1, 0.15) is 11.6 Å². The second-order valence-electron chi connectivity index (χ2n) is 7.47. The van der Waals surface area contributed by atoms with Crippen LogP contribution in [0.5, 0.6) is 0 Å². The van der Waals surface area contributed by atoms with Crippen LogP contribution in [-0.2, 0) is 10.0 Å². The van der Waals surface area contributed by atoms with Gasteiger partial charge in [0.05, 0.1) is 10.9 Å². The highest BCUT2D eigenvalue weighted by Crippen LogP contribution is 2.24. The Morgan fingerprint density at radius 2 is 1.65 bits per heavy atom. The molecule has 31 heavy (non-hydrogen) atoms. The molecular formula is C23H25ClN4O2S. The highest BCUT2D eigenvalue weighted by atomic mass is 35.5. The minimum atomic E-state index is -3.64. The summed E-state index contributed by atoms with van der Waals surface area (Å²) in [7, 11) is -3.64. The molecule has 1 N–H and O–H groups in total. The first kappa shape index (κ1) is 21.8. The third-order valence-electron chi connectivity index (χ3n) is 5.54. The van der Waals surface area contributed by atoms with Gasteiger partial charge >= 0.3 is 0 Å². The Morgan fingerprint density at radius 3 is 2.29 bits per heavy atom. The number of benzene rings is 2. The zero-order valence-corrected chi connectivity index (χ0v) is 18.6. The zero-order valence-electron chi connectivity index (χ0n) is 17.1. The zero-order chi connectivity index (χ0) is 21.7. The number of halogens is 1. The second kappa shape index (κ2) is 9.78. The summed E-state index contributed by atoms with van der Waals surface area (Å²) in [5.74, 6) is 0. The predicted octanol–water partition coefficient (Wildman–Crippen LogP) is 3.58. The maximum atomic E-state index is 12.8. The number of aromatic nitrogens is 1. The van der Waals surface area contributed by atoms with Gasteiger partial charge in [-0.05, 0) is 48.0 Å². The van der Waals surface area contributed by atoms with Crippen molar-refractivity contribution in [2.24, 2.45) is 0 Å². The molecule has 0 spiro atoms. The van der Waals surface area contributed by atoms with Crippen LogP contribution in [0, 0.1) is 0 Å². The number of hydrogen-bond donors (Lipinski definition) is 1. The van der Waals surface area contributed by atoms with Crippen LogP contribution in [0.2, 0.25) is 5.02 Å². The third-order valence-corrected chi connectivity index (χ3v) is 7.23. The summed E-state index contributed by atoms with van der Waals surface area (Å²) in [6.45, 7) is 3.69. The lowest BCUT2D eigenvalue weighted by Gasteiger charge is -2.40. The molecule has 3 aromatic rings. The number of pyridine rings is 1. The Labute approximate surface area is 188 Å². The van der Waals surface area contributed by atoms with E-state index in [2.05, 4.69) is 31.6 Å². The molecule has 1 aliphatic heterocycles. The van der Waals surface area contributed by atoms with E-state index in [1.54, 1.807) is 18.3 Å². The summed E-state index contributed by atoms with van der Waals surface area (Å²) in [6.07, 6.45) is 3.54. The van der Waals surface area contributed by atoms with Crippen molar-refractivity contribution in [3.8, 4) is 0 Å². The molecule has 1 aromatic heterocycles. The second-order valence-corrected chi connectivity index (χ2v) is 9.67. The first-order valence-electron chi connectivity index (χ1n) is 10.2. The molecule has 6 nitrogen and oxygen atoms in total. The highest BCUT2D eigenvalue weighted by Gasteiger charge is 2.27. The van der Waals surface area contributed by atoms with Crippen molar-refractivity contribution in [2.75, 3.05) is 37.6 Å². The lowest BCUT2D eigenvalue weighted by Crippen LogP contribution is -2.49. The number of para-hydroxylation sites is 1. The molecule has 1 aliphatic rings. The van der Waals surface area contributed by atoms with Gasteiger partial charge < -0.3 is 4.90 Å². The van der Waals surface area contributed by atoms with Crippen LogP contribution in [0.25, 0.3) is 0 Å². The van der Waals surface area contributed by atoms with E-state index in [9.17, 15) is 8.42 Å². The molecule has 0 amide bonds. The molecule has 2 heterocycles. The topological polar surface area (TPSA) is 65.5 Å². The van der Waals surface area contributed by atoms with Gasteiger partial charge in [0.2, 0.25) is 10.0 Å². The van der Waals surface area contributed by atoms with Gasteiger partial charge in [-0.15, -0.1) is 0 Å². The molecule has 8 heteroatoms. The largest absolute Gasteiger partial charge is 0.369 e. The van der Waals surface area contributed by atoms with Crippen LogP contribution in [0.4, 0.5) is 5.69 Å². The summed E-state index contributed by atoms with van der Waals surface area (Å²) in [5, 5.41) is 0.503. The van der Waals surface area contributed by atoms with E-state index < -0.39 is 10.0 Å². The van der Waals surface area contributed by atoms with E-state index in [1.165, 1.54) is 17.8 Å². The number of hydrogen-bond acceptors (Lipinski definition) is 5. The quantitative estimate of drug-likeness (QED) is 0.588. The van der Waals surface area contributed by atoms with Crippen molar-refractivity contribution >= 4 is 27.3 Å². The average Bonchev–Trinajstić information content (AvgIpc) is 2.81. The number of rotatable bonds is 7. The Kier molecular flexibility index (Phi) is 6.87. The first-order chi connectivity index (χ1) is 15.0. The summed E-state index contributed by atoms with van der Waals surface area (Å²) in [5.41, 5.74) is 2.21. The average molecular weight is 457 g/mol. The van der Waals surface area contributed by atoms with Crippen molar-refractivity contribution in [3.63, 3.8) is 0 Å². The van der Waals surface area contributed by atoms with E-state index in [4.69, 9.17) is 11.6 Å². The lowest BCUT2D eigenvalue weighted by molar-refractivity contribution is 0.186. The van der Waals surface area contributed by atoms with E-state index in [1.807, 2.05) is 36.5 Å². The number of anilines is 1. The Morgan fingerprint density at radius 1 is 0.935 bits per heavy atom. The molecule has 0 radical (unpaired) electrons. The number of nitrogens with one attached hydrogen (secondary N) is 1. The van der Waals surface area contributed by atoms with Crippen LogP contribution in [-0.4, -0.2) is 51.0 Å². The molecule has 0 aliphatic carbocycles. The minimum absolute atomic E-state index is 0.103. The molecule has 0 saturated carbocycles. The molecule has 1 atom stereocenters. The van der Waals surface area contributed by atoms with Crippen molar-refractivity contribution in [2.45, 2.75) is 10.9 Å². The van der Waals surface area contributed by atoms with Gasteiger partial charge in [-0.2, -0.15) is 0 Å². The normalized spacial score (nSPS) is 16.2. The fraction of sp³-hybridized carbons (Fsp3) is 0.261. The van der Waals surface area contributed by atoms with Crippen molar-refractivity contribution in [1.82, 2.24) is 14.6 Å². The maximum Gasteiger partial charge on any atom is 0.240 e. The van der Waals surface area contributed by atoms with E-state index in [0.717, 1.165) is 31.7 Å². The van der Waals surface area contributed by atoms with Crippen molar-refractivity contribution < 1.29 is 8.42 Å². The van der Waals surface area contributed by atoms with E-state index in [-0.39, 0.29) is 17.5 Å².